The summed E-state index contributed by atoms with van der Waals surface area (Å²) in [6.45, 7) is 4.93. The number of carbonyl (C=O) groups excluding carboxylic acids is 1. The highest BCUT2D eigenvalue weighted by Gasteiger charge is 2.49. The maximum Gasteiger partial charge on any atom is 0.217 e. The van der Waals surface area contributed by atoms with E-state index in [2.05, 4.69) is 73.9 Å². The first-order valence-electron chi connectivity index (χ1n) is 8.76. The van der Waals surface area contributed by atoms with E-state index in [9.17, 15) is 4.79 Å². The van der Waals surface area contributed by atoms with Crippen molar-refractivity contribution >= 4 is 5.91 Å². The third-order valence-corrected chi connectivity index (χ3v) is 5.57. The Hall–Kier alpha value is -2.13. The van der Waals surface area contributed by atoms with Crippen LogP contribution < -0.4 is 10.2 Å². The second kappa shape index (κ2) is 6.78. The van der Waals surface area contributed by atoms with Gasteiger partial charge in [-0.2, -0.15) is 0 Å². The predicted molar refractivity (Wildman–Crippen MR) is 96.7 cm³/mol. The molecule has 2 N–H and O–H groups in total. The maximum absolute atomic E-state index is 12.0. The number of piperidine rings is 1. The highest BCUT2D eigenvalue weighted by Crippen LogP contribution is 2.41. The number of carbonyl (C=O) groups is 1. The maximum atomic E-state index is 12.0. The molecular weight excluding hydrogens is 296 g/mol. The van der Waals surface area contributed by atoms with E-state index in [1.807, 2.05) is 6.07 Å². The Morgan fingerprint density at radius 2 is 1.67 bits per heavy atom. The molecule has 0 aromatic heterocycles. The molecule has 1 saturated heterocycles. The molecule has 0 aliphatic carbocycles. The summed E-state index contributed by atoms with van der Waals surface area (Å²) in [5.74, 6) is 0.331. The number of likely N-dealkylation sites (tertiary alicyclic amines) is 1. The van der Waals surface area contributed by atoms with Gasteiger partial charge in [-0.3, -0.25) is 4.79 Å². The quantitative estimate of drug-likeness (QED) is 0.893. The minimum absolute atomic E-state index is 0.0390. The molecule has 1 heterocycles. The Morgan fingerprint density at radius 3 is 2.25 bits per heavy atom. The highest BCUT2D eigenvalue weighted by atomic mass is 16.1. The molecule has 3 nitrogen and oxygen atoms in total. The van der Waals surface area contributed by atoms with Gasteiger partial charge in [0.1, 0.15) is 6.04 Å². The number of hydrogen-bond donors (Lipinski definition) is 2. The largest absolute Gasteiger partial charge is 0.346 e. The average molecular weight is 323 g/mol. The van der Waals surface area contributed by atoms with Crippen LogP contribution in [-0.4, -0.2) is 19.5 Å². The number of amides is 1. The second-order valence-electron chi connectivity index (χ2n) is 7.04. The number of quaternary nitrogens is 1. The molecule has 2 aromatic carbocycles. The lowest BCUT2D eigenvalue weighted by atomic mass is 9.68. The summed E-state index contributed by atoms with van der Waals surface area (Å²) < 4.78 is 0. The summed E-state index contributed by atoms with van der Waals surface area (Å²) in [5.41, 5.74) is 2.24. The Morgan fingerprint density at radius 1 is 1.08 bits per heavy atom. The van der Waals surface area contributed by atoms with Gasteiger partial charge in [0, 0.05) is 24.8 Å². The molecule has 0 bridgehead atoms. The Labute approximate surface area is 144 Å². The van der Waals surface area contributed by atoms with Crippen LogP contribution in [0.3, 0.4) is 0 Å². The first-order chi connectivity index (χ1) is 11.5. The second-order valence-corrected chi connectivity index (χ2v) is 7.04. The third kappa shape index (κ3) is 2.96. The van der Waals surface area contributed by atoms with E-state index < -0.39 is 0 Å². The normalized spacial score (nSPS) is 29.9. The minimum Gasteiger partial charge on any atom is -0.346 e. The van der Waals surface area contributed by atoms with Crippen LogP contribution in [0.2, 0.25) is 0 Å². The van der Waals surface area contributed by atoms with Gasteiger partial charge in [-0.05, 0) is 5.56 Å². The molecule has 126 valence electrons. The molecule has 1 aliphatic heterocycles. The van der Waals surface area contributed by atoms with Crippen molar-refractivity contribution < 1.29 is 9.69 Å². The fourth-order valence-electron chi connectivity index (χ4n) is 4.43. The number of hydrogen-bond acceptors (Lipinski definition) is 1. The van der Waals surface area contributed by atoms with Gasteiger partial charge < -0.3 is 10.2 Å². The van der Waals surface area contributed by atoms with E-state index in [1.54, 1.807) is 6.92 Å². The topological polar surface area (TPSA) is 33.5 Å². The fraction of sp³-hybridized carbons (Fsp3) is 0.381. The lowest BCUT2D eigenvalue weighted by Gasteiger charge is -2.49. The van der Waals surface area contributed by atoms with Crippen molar-refractivity contribution in [1.82, 2.24) is 5.32 Å². The highest BCUT2D eigenvalue weighted by molar-refractivity contribution is 5.74. The molecule has 1 unspecified atom stereocenters. The van der Waals surface area contributed by atoms with Crippen molar-refractivity contribution in [3.8, 4) is 0 Å². The molecule has 4 atom stereocenters. The van der Waals surface area contributed by atoms with E-state index in [0.717, 1.165) is 13.0 Å². The minimum atomic E-state index is -0.312. The molecule has 0 saturated carbocycles. The van der Waals surface area contributed by atoms with Crippen molar-refractivity contribution in [1.29, 1.82) is 0 Å². The zero-order valence-electron chi connectivity index (χ0n) is 14.8. The van der Waals surface area contributed by atoms with E-state index >= 15 is 0 Å². The SMILES string of the molecule is CC(=O)N[C@]1(c2ccccc2)CC[NH+](C)[C@@H](c2ccccc2)[C@@H]1C. The van der Waals surface area contributed by atoms with Crippen molar-refractivity contribution in [2.45, 2.75) is 31.8 Å². The molecule has 24 heavy (non-hydrogen) atoms. The van der Waals surface area contributed by atoms with Gasteiger partial charge >= 0.3 is 0 Å². The number of benzene rings is 2. The first-order valence-corrected chi connectivity index (χ1v) is 8.76. The Bertz CT molecular complexity index is 685. The van der Waals surface area contributed by atoms with Crippen LogP contribution in [-0.2, 0) is 10.3 Å². The van der Waals surface area contributed by atoms with Crippen LogP contribution >= 0.6 is 0 Å². The van der Waals surface area contributed by atoms with Crippen LogP contribution in [0.15, 0.2) is 60.7 Å². The van der Waals surface area contributed by atoms with E-state index in [4.69, 9.17) is 0 Å². The van der Waals surface area contributed by atoms with Crippen molar-refractivity contribution in [3.63, 3.8) is 0 Å². The average Bonchev–Trinajstić information content (AvgIpc) is 2.59. The molecule has 1 aliphatic rings. The van der Waals surface area contributed by atoms with Crippen LogP contribution in [0, 0.1) is 5.92 Å². The van der Waals surface area contributed by atoms with Crippen LogP contribution in [0.4, 0.5) is 0 Å². The summed E-state index contributed by atoms with van der Waals surface area (Å²) in [7, 11) is 2.26. The van der Waals surface area contributed by atoms with E-state index in [0.29, 0.717) is 12.0 Å². The molecule has 3 heteroatoms. The monoisotopic (exact) mass is 323 g/mol. The van der Waals surface area contributed by atoms with Gasteiger partial charge in [-0.1, -0.05) is 67.6 Å². The number of rotatable bonds is 3. The first kappa shape index (κ1) is 16.7. The van der Waals surface area contributed by atoms with Gasteiger partial charge in [0.05, 0.1) is 19.1 Å². The predicted octanol–water partition coefficient (Wildman–Crippen LogP) is 2.31. The summed E-state index contributed by atoms with van der Waals surface area (Å²) >= 11 is 0. The smallest absolute Gasteiger partial charge is 0.217 e. The lowest BCUT2D eigenvalue weighted by molar-refractivity contribution is -0.924. The van der Waals surface area contributed by atoms with Crippen molar-refractivity contribution in [2.24, 2.45) is 5.92 Å². The van der Waals surface area contributed by atoms with Crippen LogP contribution in [0.5, 0.6) is 0 Å². The van der Waals surface area contributed by atoms with Gasteiger partial charge in [0.25, 0.3) is 0 Å². The van der Waals surface area contributed by atoms with Gasteiger partial charge in [0.15, 0.2) is 0 Å². The van der Waals surface area contributed by atoms with Gasteiger partial charge in [0.2, 0.25) is 5.91 Å². The van der Waals surface area contributed by atoms with E-state index in [1.165, 1.54) is 16.0 Å². The molecular formula is C21H27N2O+. The summed E-state index contributed by atoms with van der Waals surface area (Å²) in [4.78, 5) is 13.5. The fourth-order valence-corrected chi connectivity index (χ4v) is 4.43. The summed E-state index contributed by atoms with van der Waals surface area (Å²) in [6, 6.07) is 21.5. The molecule has 0 radical (unpaired) electrons. The van der Waals surface area contributed by atoms with Crippen LogP contribution in [0.25, 0.3) is 0 Å². The van der Waals surface area contributed by atoms with E-state index in [-0.39, 0.29) is 11.4 Å². The van der Waals surface area contributed by atoms with Crippen molar-refractivity contribution in [2.75, 3.05) is 13.6 Å². The molecule has 2 aromatic rings. The summed E-state index contributed by atoms with van der Waals surface area (Å²) in [6.07, 6.45) is 0.951. The molecule has 3 rings (SSSR count). The van der Waals surface area contributed by atoms with Crippen molar-refractivity contribution in [3.05, 3.63) is 71.8 Å². The lowest BCUT2D eigenvalue weighted by Crippen LogP contribution is -3.12. The molecule has 1 fully saturated rings. The third-order valence-electron chi connectivity index (χ3n) is 5.57. The zero-order chi connectivity index (χ0) is 17.2. The van der Waals surface area contributed by atoms with Gasteiger partial charge in [-0.15, -0.1) is 0 Å². The zero-order valence-corrected chi connectivity index (χ0v) is 14.8. The molecule has 1 amide bonds. The molecule has 0 spiro atoms. The Kier molecular flexibility index (Phi) is 4.72. The van der Waals surface area contributed by atoms with Crippen LogP contribution in [0.1, 0.15) is 37.4 Å². The summed E-state index contributed by atoms with van der Waals surface area (Å²) in [5, 5.41) is 3.33. The number of nitrogens with one attached hydrogen (secondary N) is 2. The Balaban J connectivity index is 2.07. The standard InChI is InChI=1S/C21H26N2O/c1-16-20(18-10-6-4-7-11-18)23(3)15-14-21(16,22-17(2)24)19-12-8-5-9-13-19/h4-13,16,20H,14-15H2,1-3H3,(H,22,24)/p+1/t16-,20+,21+/m0/s1. The van der Waals surface area contributed by atoms with Gasteiger partial charge in [-0.25, -0.2) is 0 Å².